The first-order valence-corrected chi connectivity index (χ1v) is 41.7. The fourth-order valence-electron chi connectivity index (χ4n) is 22.4. The van der Waals surface area contributed by atoms with Crippen LogP contribution in [0.25, 0.3) is 274 Å². The molecule has 0 aliphatic rings. The minimum atomic E-state index is 1.11. The van der Waals surface area contributed by atoms with Gasteiger partial charge in [-0.15, -0.1) is 0 Å². The second kappa shape index (κ2) is 23.0. The average molecular weight is 1520 g/mol. The fraction of sp³-hybridized carbons (Fsp3) is 0. The van der Waals surface area contributed by atoms with E-state index in [2.05, 4.69) is 415 Å². The number of rotatable bonds is 7. The Morgan fingerprint density at radius 2 is 0.333 bits per heavy atom. The highest BCUT2D eigenvalue weighted by Gasteiger charge is 2.26. The van der Waals surface area contributed by atoms with Gasteiger partial charge in [0.25, 0.3) is 0 Å². The lowest BCUT2D eigenvalue weighted by Gasteiger charge is -2.17. The third-order valence-electron chi connectivity index (χ3n) is 27.5. The zero-order valence-electron chi connectivity index (χ0n) is 64.6. The third-order valence-corrected chi connectivity index (χ3v) is 27.5. The summed E-state index contributed by atoms with van der Waals surface area (Å²) in [5, 5.41) is 30.0. The van der Waals surface area contributed by atoms with Crippen molar-refractivity contribution in [3.8, 4) is 61.6 Å². The average Bonchev–Trinajstić information content (AvgIpc) is 1.57. The molecule has 0 fully saturated rings. The van der Waals surface area contributed by atoms with E-state index in [4.69, 9.17) is 0 Å². The van der Waals surface area contributed by atoms with Gasteiger partial charge >= 0.3 is 0 Å². The van der Waals surface area contributed by atoms with Gasteiger partial charge in [-0.2, -0.15) is 0 Å². The summed E-state index contributed by atoms with van der Waals surface area (Å²) in [6, 6.07) is 147. The standard InChI is InChI=1S/C114H64N6/c1-10-34-103-79(19-1)88-25-14-28-91-85-47-38-70(60-109(85)118(103)112(88)91)67-41-52-106-97(57-67)82-22-4-7-31-100(82)115(106)73-18-13-17-65(55-73)66-37-46-76-94(56-66)77-50-44-74(116-101-32-8-5-23-83(101)98-58-68(42-53-107(98)116)71-39-48-86-92-29-15-26-89-80-20-2-11-35-104(80)119(113(89)92)110(86)61-71)64-96(77)78-51-45-75(63-95(76)78)117-102-33-9-6-24-84(102)99-59-69(43-54-108(99)117)72-40-49-87-93-30-16-27-90-81-21-3-12-36-105(81)120(114(90)93)111(87)62-72/h1-64H. The summed E-state index contributed by atoms with van der Waals surface area (Å²) in [4.78, 5) is 0. The van der Waals surface area contributed by atoms with Crippen molar-refractivity contribution in [3.05, 3.63) is 388 Å². The summed E-state index contributed by atoms with van der Waals surface area (Å²) in [6.45, 7) is 0. The van der Waals surface area contributed by atoms with Crippen molar-refractivity contribution < 1.29 is 0 Å². The molecule has 0 radical (unpaired) electrons. The molecule has 0 amide bonds. The maximum atomic E-state index is 2.50. The molecule has 0 bridgehead atoms. The minimum absolute atomic E-state index is 1.11. The van der Waals surface area contributed by atoms with Gasteiger partial charge in [-0.05, 0) is 210 Å². The first-order valence-electron chi connectivity index (χ1n) is 41.7. The van der Waals surface area contributed by atoms with E-state index in [0.717, 1.165) is 28.2 Å². The van der Waals surface area contributed by atoms with E-state index in [1.807, 2.05) is 0 Å². The molecule has 0 aliphatic heterocycles. The van der Waals surface area contributed by atoms with Gasteiger partial charge < -0.3 is 26.9 Å². The quantitative estimate of drug-likeness (QED) is 0.142. The van der Waals surface area contributed by atoms with E-state index in [0.29, 0.717) is 0 Å². The van der Waals surface area contributed by atoms with Crippen LogP contribution in [0, 0.1) is 0 Å². The predicted molar refractivity (Wildman–Crippen MR) is 508 cm³/mol. The molecule has 0 saturated carbocycles. The van der Waals surface area contributed by atoms with Crippen molar-refractivity contribution in [3.63, 3.8) is 0 Å². The fourth-order valence-corrected chi connectivity index (χ4v) is 22.4. The van der Waals surface area contributed by atoms with Crippen LogP contribution in [0.5, 0.6) is 0 Å². The Bertz CT molecular complexity index is 9310. The van der Waals surface area contributed by atoms with E-state index in [1.165, 1.54) is 245 Å². The van der Waals surface area contributed by atoms with Gasteiger partial charge in [0.1, 0.15) is 0 Å². The van der Waals surface area contributed by atoms with Crippen LogP contribution in [0.3, 0.4) is 0 Å². The molecular weight excluding hydrogens is 1450 g/mol. The van der Waals surface area contributed by atoms with Crippen molar-refractivity contribution in [2.45, 2.75) is 0 Å². The van der Waals surface area contributed by atoms with Gasteiger partial charge in [-0.3, -0.25) is 0 Å². The number of hydrogen-bond acceptors (Lipinski definition) is 0. The molecule has 6 nitrogen and oxygen atoms in total. The highest BCUT2D eigenvalue weighted by molar-refractivity contribution is 6.30. The maximum absolute atomic E-state index is 2.50. The van der Waals surface area contributed by atoms with Crippen LogP contribution in [0.15, 0.2) is 388 Å². The van der Waals surface area contributed by atoms with Gasteiger partial charge in [0.05, 0.1) is 82.8 Å². The van der Waals surface area contributed by atoms with E-state index < -0.39 is 0 Å². The lowest BCUT2D eigenvalue weighted by molar-refractivity contribution is 1.18. The van der Waals surface area contributed by atoms with Crippen LogP contribution < -0.4 is 0 Å². The number of aromatic nitrogens is 6. The Labute approximate surface area is 684 Å². The number of benzene rings is 20. The van der Waals surface area contributed by atoms with Gasteiger partial charge in [0, 0.05) is 114 Å². The highest BCUT2D eigenvalue weighted by atomic mass is 15.0. The molecule has 29 aromatic rings. The maximum Gasteiger partial charge on any atom is 0.0620 e. The first-order chi connectivity index (χ1) is 59.5. The molecule has 9 heterocycles. The summed E-state index contributed by atoms with van der Waals surface area (Å²) in [6.07, 6.45) is 0. The molecule has 0 saturated heterocycles. The van der Waals surface area contributed by atoms with Crippen LogP contribution in [0.1, 0.15) is 0 Å². The zero-order chi connectivity index (χ0) is 77.6. The summed E-state index contributed by atoms with van der Waals surface area (Å²) in [5.41, 5.74) is 31.1. The molecule has 0 atom stereocenters. The van der Waals surface area contributed by atoms with Gasteiger partial charge in [-0.1, -0.05) is 255 Å². The molecule has 0 spiro atoms. The Morgan fingerprint density at radius 3 is 0.683 bits per heavy atom. The zero-order valence-corrected chi connectivity index (χ0v) is 64.6. The topological polar surface area (TPSA) is 28.0 Å². The van der Waals surface area contributed by atoms with E-state index in [-0.39, 0.29) is 0 Å². The van der Waals surface area contributed by atoms with Gasteiger partial charge in [0.15, 0.2) is 0 Å². The summed E-state index contributed by atoms with van der Waals surface area (Å²) < 4.78 is 14.9. The van der Waals surface area contributed by atoms with Crippen LogP contribution >= 0.6 is 0 Å². The monoisotopic (exact) mass is 1520 g/mol. The van der Waals surface area contributed by atoms with Crippen molar-refractivity contribution >= 4 is 212 Å². The number of fused-ring (bicyclic) bond motifs is 33. The lowest BCUT2D eigenvalue weighted by atomic mass is 9.91. The summed E-state index contributed by atoms with van der Waals surface area (Å²) >= 11 is 0. The molecule has 0 unspecified atom stereocenters. The van der Waals surface area contributed by atoms with E-state index in [1.54, 1.807) is 0 Å². The van der Waals surface area contributed by atoms with Gasteiger partial charge in [0.2, 0.25) is 0 Å². The normalized spacial score (nSPS) is 12.7. The summed E-state index contributed by atoms with van der Waals surface area (Å²) in [5.74, 6) is 0. The molecular formula is C114H64N6. The van der Waals surface area contributed by atoms with Crippen molar-refractivity contribution in [1.29, 1.82) is 0 Å². The number of hydrogen-bond donors (Lipinski definition) is 0. The predicted octanol–water partition coefficient (Wildman–Crippen LogP) is 30.6. The molecule has 20 aromatic carbocycles. The smallest absolute Gasteiger partial charge is 0.0620 e. The molecule has 550 valence electrons. The Hall–Kier alpha value is -16.0. The molecule has 9 aromatic heterocycles. The lowest BCUT2D eigenvalue weighted by Crippen LogP contribution is -1.96. The Morgan fingerprint density at radius 1 is 0.108 bits per heavy atom. The Kier molecular flexibility index (Phi) is 12.1. The highest BCUT2D eigenvalue weighted by Crippen LogP contribution is 2.49. The second-order valence-corrected chi connectivity index (χ2v) is 33.4. The number of nitrogens with zero attached hydrogens (tertiary/aromatic N) is 6. The third kappa shape index (κ3) is 8.25. The largest absolute Gasteiger partial charge is 0.309 e. The molecule has 0 N–H and O–H groups in total. The number of para-hydroxylation sites is 9. The summed E-state index contributed by atoms with van der Waals surface area (Å²) in [7, 11) is 0. The van der Waals surface area contributed by atoms with E-state index in [9.17, 15) is 0 Å². The van der Waals surface area contributed by atoms with E-state index >= 15 is 0 Å². The molecule has 29 rings (SSSR count). The molecule has 120 heavy (non-hydrogen) atoms. The molecule has 0 aliphatic carbocycles. The van der Waals surface area contributed by atoms with Crippen LogP contribution in [0.2, 0.25) is 0 Å². The first kappa shape index (κ1) is 63.3. The van der Waals surface area contributed by atoms with Crippen LogP contribution in [0.4, 0.5) is 0 Å². The van der Waals surface area contributed by atoms with Crippen molar-refractivity contribution in [2.24, 2.45) is 0 Å². The second-order valence-electron chi connectivity index (χ2n) is 33.4. The van der Waals surface area contributed by atoms with Crippen molar-refractivity contribution in [2.75, 3.05) is 0 Å². The molecule has 6 heteroatoms. The van der Waals surface area contributed by atoms with Crippen LogP contribution in [-0.2, 0) is 0 Å². The van der Waals surface area contributed by atoms with Crippen LogP contribution in [-0.4, -0.2) is 26.9 Å². The Balaban J connectivity index is 0.597. The minimum Gasteiger partial charge on any atom is -0.309 e. The van der Waals surface area contributed by atoms with Crippen molar-refractivity contribution in [1.82, 2.24) is 26.9 Å². The van der Waals surface area contributed by atoms with Gasteiger partial charge in [-0.25, -0.2) is 0 Å². The SMILES string of the molecule is c1cc(-c2ccc3c(c2)c2ccc(-n4c5ccccc5c5cc(-c6ccc7c8cccc9c%10ccccc%10n(c7c6)c98)ccc54)cc2c2ccc(-n4c5ccccc5c5cc(-c6ccc7c8cccc9c%10ccccc%10n(c7c6)c98)ccc54)cc32)cc(-n2c3ccccc3c3cc(-c4ccc5c6cccc7c8ccccc8n(c5c4)c76)ccc32)c1.